The number of allylic oxidation sites excluding steroid dienone is 2. The molecule has 0 atom stereocenters. The third kappa shape index (κ3) is 4.93. The summed E-state index contributed by atoms with van der Waals surface area (Å²) < 4.78 is 0. The Balaban J connectivity index is 1.66. The van der Waals surface area contributed by atoms with Gasteiger partial charge >= 0.3 is 0 Å². The van der Waals surface area contributed by atoms with Gasteiger partial charge in [-0.1, -0.05) is 58.1 Å². The maximum absolute atomic E-state index is 2.50. The lowest BCUT2D eigenvalue weighted by Crippen LogP contribution is -2.25. The summed E-state index contributed by atoms with van der Waals surface area (Å²) in [6.07, 6.45) is 22.6. The fraction of sp³-hybridized carbons (Fsp3) is 0.900. The smallest absolute Gasteiger partial charge is 0.0233 e. The van der Waals surface area contributed by atoms with Gasteiger partial charge in [0, 0.05) is 0 Å². The van der Waals surface area contributed by atoms with Gasteiger partial charge in [0.05, 0.1) is 0 Å². The molecule has 20 heavy (non-hydrogen) atoms. The van der Waals surface area contributed by atoms with Crippen LogP contribution in [0.2, 0.25) is 0 Å². The average molecular weight is 277 g/mol. The first-order chi connectivity index (χ1) is 9.83. The Kier molecular flexibility index (Phi) is 7.17. The highest BCUT2D eigenvalue weighted by Gasteiger charge is 2.29. The SMILES string of the molecule is CC/C=C/C1CCC(C2CCC(CCCC)CC2)CC1. The van der Waals surface area contributed by atoms with E-state index in [0.29, 0.717) is 0 Å². The van der Waals surface area contributed by atoms with E-state index in [1.54, 1.807) is 25.7 Å². The van der Waals surface area contributed by atoms with E-state index >= 15 is 0 Å². The molecule has 2 saturated carbocycles. The highest BCUT2D eigenvalue weighted by molar-refractivity contribution is 4.91. The van der Waals surface area contributed by atoms with Crippen LogP contribution in [0.4, 0.5) is 0 Å². The van der Waals surface area contributed by atoms with Crippen molar-refractivity contribution in [3.8, 4) is 0 Å². The molecule has 0 aliphatic heterocycles. The van der Waals surface area contributed by atoms with Gasteiger partial charge in [0.25, 0.3) is 0 Å². The monoisotopic (exact) mass is 276 g/mol. The second-order valence-electron chi connectivity index (χ2n) is 7.43. The van der Waals surface area contributed by atoms with E-state index in [1.165, 1.54) is 51.4 Å². The van der Waals surface area contributed by atoms with Gasteiger partial charge in [0.1, 0.15) is 0 Å². The van der Waals surface area contributed by atoms with E-state index in [0.717, 1.165) is 23.7 Å². The van der Waals surface area contributed by atoms with Gasteiger partial charge in [-0.25, -0.2) is 0 Å². The lowest BCUT2D eigenvalue weighted by atomic mass is 9.68. The Morgan fingerprint density at radius 3 is 1.95 bits per heavy atom. The van der Waals surface area contributed by atoms with Crippen molar-refractivity contribution in [3.05, 3.63) is 12.2 Å². The second-order valence-corrected chi connectivity index (χ2v) is 7.43. The van der Waals surface area contributed by atoms with Gasteiger partial charge in [-0.3, -0.25) is 0 Å². The molecule has 0 heteroatoms. The molecule has 0 unspecified atom stereocenters. The van der Waals surface area contributed by atoms with Gasteiger partial charge in [-0.2, -0.15) is 0 Å². The quantitative estimate of drug-likeness (QED) is 0.470. The van der Waals surface area contributed by atoms with Crippen LogP contribution in [0.3, 0.4) is 0 Å². The molecule has 2 rings (SSSR count). The molecule has 0 saturated heterocycles. The van der Waals surface area contributed by atoms with E-state index in [1.807, 2.05) is 0 Å². The first-order valence-corrected chi connectivity index (χ1v) is 9.50. The molecule has 2 aliphatic carbocycles. The van der Waals surface area contributed by atoms with Crippen molar-refractivity contribution in [1.29, 1.82) is 0 Å². The number of rotatable bonds is 6. The molecular formula is C20H36. The molecule has 0 radical (unpaired) electrons. The van der Waals surface area contributed by atoms with Gasteiger partial charge < -0.3 is 0 Å². The number of hydrogen-bond acceptors (Lipinski definition) is 0. The van der Waals surface area contributed by atoms with E-state index in [2.05, 4.69) is 26.0 Å². The summed E-state index contributed by atoms with van der Waals surface area (Å²) in [6.45, 7) is 4.58. The summed E-state index contributed by atoms with van der Waals surface area (Å²) in [7, 11) is 0. The molecule has 0 aromatic carbocycles. The van der Waals surface area contributed by atoms with Gasteiger partial charge in [0.15, 0.2) is 0 Å². The number of hydrogen-bond donors (Lipinski definition) is 0. The topological polar surface area (TPSA) is 0 Å². The van der Waals surface area contributed by atoms with Crippen LogP contribution in [0, 0.1) is 23.7 Å². The Morgan fingerprint density at radius 1 is 0.800 bits per heavy atom. The summed E-state index contributed by atoms with van der Waals surface area (Å²) in [4.78, 5) is 0. The normalized spacial score (nSPS) is 35.5. The summed E-state index contributed by atoms with van der Waals surface area (Å²) in [5.41, 5.74) is 0. The van der Waals surface area contributed by atoms with Gasteiger partial charge in [-0.15, -0.1) is 0 Å². The van der Waals surface area contributed by atoms with Crippen LogP contribution in [-0.2, 0) is 0 Å². The van der Waals surface area contributed by atoms with E-state index < -0.39 is 0 Å². The fourth-order valence-corrected chi connectivity index (χ4v) is 4.58. The summed E-state index contributed by atoms with van der Waals surface area (Å²) in [5.74, 6) is 4.15. The summed E-state index contributed by atoms with van der Waals surface area (Å²) in [6, 6.07) is 0. The van der Waals surface area contributed by atoms with Crippen LogP contribution >= 0.6 is 0 Å². The summed E-state index contributed by atoms with van der Waals surface area (Å²) in [5, 5.41) is 0. The Hall–Kier alpha value is -0.260. The lowest BCUT2D eigenvalue weighted by Gasteiger charge is -2.37. The average Bonchev–Trinajstić information content (AvgIpc) is 2.52. The molecule has 0 aromatic heterocycles. The predicted octanol–water partition coefficient (Wildman–Crippen LogP) is 6.76. The zero-order valence-electron chi connectivity index (χ0n) is 13.9. The van der Waals surface area contributed by atoms with Crippen molar-refractivity contribution in [3.63, 3.8) is 0 Å². The van der Waals surface area contributed by atoms with Crippen LogP contribution in [0.1, 0.15) is 90.9 Å². The molecule has 116 valence electrons. The van der Waals surface area contributed by atoms with Gasteiger partial charge in [-0.05, 0) is 68.6 Å². The second kappa shape index (κ2) is 8.90. The van der Waals surface area contributed by atoms with Crippen molar-refractivity contribution in [2.75, 3.05) is 0 Å². The third-order valence-electron chi connectivity index (χ3n) is 5.98. The van der Waals surface area contributed by atoms with Crippen LogP contribution in [0.25, 0.3) is 0 Å². The molecule has 2 aliphatic rings. The molecule has 0 heterocycles. The van der Waals surface area contributed by atoms with Crippen molar-refractivity contribution in [2.24, 2.45) is 23.7 Å². The van der Waals surface area contributed by atoms with Crippen LogP contribution in [-0.4, -0.2) is 0 Å². The minimum absolute atomic E-state index is 0.909. The molecule has 0 spiro atoms. The van der Waals surface area contributed by atoms with Gasteiger partial charge in [0.2, 0.25) is 0 Å². The first-order valence-electron chi connectivity index (χ1n) is 9.50. The standard InChI is InChI=1S/C20H36/c1-3-5-7-17-9-13-19(14-10-17)20-15-11-18(12-16-20)8-6-4-2/h5,7,17-20H,3-4,6,8-16H2,1-2H3/b7-5+. The Labute approximate surface area is 127 Å². The molecule has 0 N–H and O–H groups in total. The van der Waals surface area contributed by atoms with Crippen molar-refractivity contribution >= 4 is 0 Å². The van der Waals surface area contributed by atoms with Crippen molar-refractivity contribution in [1.82, 2.24) is 0 Å². The molecule has 0 amide bonds. The molecular weight excluding hydrogens is 240 g/mol. The van der Waals surface area contributed by atoms with E-state index in [9.17, 15) is 0 Å². The van der Waals surface area contributed by atoms with E-state index in [-0.39, 0.29) is 0 Å². The van der Waals surface area contributed by atoms with E-state index in [4.69, 9.17) is 0 Å². The minimum atomic E-state index is 0.909. The predicted molar refractivity (Wildman–Crippen MR) is 89.9 cm³/mol. The fourth-order valence-electron chi connectivity index (χ4n) is 4.58. The Bertz CT molecular complexity index is 262. The first kappa shape index (κ1) is 16.1. The Morgan fingerprint density at radius 2 is 1.40 bits per heavy atom. The highest BCUT2D eigenvalue weighted by atomic mass is 14.4. The zero-order valence-corrected chi connectivity index (χ0v) is 13.9. The highest BCUT2D eigenvalue weighted by Crippen LogP contribution is 2.42. The summed E-state index contributed by atoms with van der Waals surface area (Å²) >= 11 is 0. The maximum Gasteiger partial charge on any atom is -0.0233 e. The largest absolute Gasteiger partial charge is 0.0885 e. The van der Waals surface area contributed by atoms with Crippen LogP contribution < -0.4 is 0 Å². The molecule has 0 aromatic rings. The minimum Gasteiger partial charge on any atom is -0.0885 e. The van der Waals surface area contributed by atoms with Crippen LogP contribution in [0.15, 0.2) is 12.2 Å². The molecule has 0 nitrogen and oxygen atoms in total. The zero-order chi connectivity index (χ0) is 14.2. The molecule has 0 bridgehead atoms. The van der Waals surface area contributed by atoms with Crippen molar-refractivity contribution in [2.45, 2.75) is 90.9 Å². The lowest BCUT2D eigenvalue weighted by molar-refractivity contribution is 0.151. The van der Waals surface area contributed by atoms with Crippen LogP contribution in [0.5, 0.6) is 0 Å². The maximum atomic E-state index is 2.50. The number of unbranched alkanes of at least 4 members (excludes halogenated alkanes) is 1. The molecule has 2 fully saturated rings. The third-order valence-corrected chi connectivity index (χ3v) is 5.98. The van der Waals surface area contributed by atoms with Crippen molar-refractivity contribution < 1.29 is 0 Å².